The molecule has 1 aromatic heterocycles. The predicted octanol–water partition coefficient (Wildman–Crippen LogP) is 5.73. The van der Waals surface area contributed by atoms with Crippen molar-refractivity contribution in [3.05, 3.63) is 53.1 Å². The lowest BCUT2D eigenvalue weighted by Crippen LogP contribution is -2.53. The minimum Gasteiger partial charge on any atom is -0.380 e. The highest BCUT2D eigenvalue weighted by atomic mass is 19.4. The minimum atomic E-state index is -4.47. The Labute approximate surface area is 245 Å². The average molecular weight is 587 g/mol. The van der Waals surface area contributed by atoms with E-state index in [4.69, 9.17) is 0 Å². The number of carbonyl (C=O) groups excluding carboxylic acids is 2. The molecule has 10 heteroatoms. The standard InChI is InChI=1S/C32H41F3N4O3/c33-32(34,35)27-21-39-20-25(19-26(28(39)36-27)23-7-5-3-1-2-4-6-8-23)22-9-11-24(12-10-22)29(40)37-15-17-38(18-16-37)30(41)31(42)13-14-31/h9-12,21,23,25-26,42H,1-8,13-20H2. The second-order valence-electron chi connectivity index (χ2n) is 12.9. The van der Waals surface area contributed by atoms with E-state index in [9.17, 15) is 27.9 Å². The fourth-order valence-electron chi connectivity index (χ4n) is 7.26. The summed E-state index contributed by atoms with van der Waals surface area (Å²) in [5, 5.41) is 10.1. The van der Waals surface area contributed by atoms with Gasteiger partial charge in [0.25, 0.3) is 11.8 Å². The maximum atomic E-state index is 13.7. The van der Waals surface area contributed by atoms with Gasteiger partial charge in [0.15, 0.2) is 5.69 Å². The van der Waals surface area contributed by atoms with E-state index < -0.39 is 17.5 Å². The van der Waals surface area contributed by atoms with Crippen LogP contribution >= 0.6 is 0 Å². The van der Waals surface area contributed by atoms with E-state index in [0.717, 1.165) is 37.7 Å². The van der Waals surface area contributed by atoms with Crippen LogP contribution in [-0.2, 0) is 17.5 Å². The van der Waals surface area contributed by atoms with Gasteiger partial charge in [0.1, 0.15) is 11.4 Å². The Kier molecular flexibility index (Phi) is 8.11. The van der Waals surface area contributed by atoms with Gasteiger partial charge in [-0.2, -0.15) is 13.2 Å². The van der Waals surface area contributed by atoms with Crippen LogP contribution in [0.25, 0.3) is 0 Å². The molecule has 2 saturated carbocycles. The molecule has 0 radical (unpaired) electrons. The summed E-state index contributed by atoms with van der Waals surface area (Å²) in [6.07, 6.45) is 7.58. The molecule has 1 saturated heterocycles. The molecule has 4 aliphatic rings. The number of benzene rings is 1. The molecule has 2 aromatic rings. The highest BCUT2D eigenvalue weighted by Gasteiger charge is 2.50. The third-order valence-corrected chi connectivity index (χ3v) is 9.96. The first-order valence-electron chi connectivity index (χ1n) is 15.7. The molecule has 7 nitrogen and oxygen atoms in total. The van der Waals surface area contributed by atoms with Gasteiger partial charge in [0, 0.05) is 56.3 Å². The van der Waals surface area contributed by atoms with Crippen molar-refractivity contribution in [3.63, 3.8) is 0 Å². The van der Waals surface area contributed by atoms with Crippen molar-refractivity contribution in [3.8, 4) is 0 Å². The number of fused-ring (bicyclic) bond motifs is 1. The van der Waals surface area contributed by atoms with Gasteiger partial charge in [-0.05, 0) is 55.7 Å². The van der Waals surface area contributed by atoms with Crippen LogP contribution < -0.4 is 0 Å². The Morgan fingerprint density at radius 1 is 0.881 bits per heavy atom. The van der Waals surface area contributed by atoms with Crippen molar-refractivity contribution in [1.82, 2.24) is 19.4 Å². The van der Waals surface area contributed by atoms with E-state index in [1.807, 2.05) is 24.3 Å². The third-order valence-electron chi connectivity index (χ3n) is 9.96. The van der Waals surface area contributed by atoms with E-state index in [1.54, 1.807) is 14.4 Å². The molecular weight excluding hydrogens is 545 g/mol. The average Bonchev–Trinajstić information content (AvgIpc) is 3.53. The zero-order valence-corrected chi connectivity index (χ0v) is 24.1. The maximum absolute atomic E-state index is 13.7. The van der Waals surface area contributed by atoms with Crippen molar-refractivity contribution >= 4 is 11.8 Å². The summed E-state index contributed by atoms with van der Waals surface area (Å²) in [6.45, 7) is 2.08. The summed E-state index contributed by atoms with van der Waals surface area (Å²) >= 11 is 0. The minimum absolute atomic E-state index is 0.0213. The van der Waals surface area contributed by atoms with Crippen molar-refractivity contribution < 1.29 is 27.9 Å². The molecule has 2 aliphatic carbocycles. The van der Waals surface area contributed by atoms with Gasteiger partial charge in [0.05, 0.1) is 0 Å². The second kappa shape index (κ2) is 11.7. The first-order chi connectivity index (χ1) is 20.1. The van der Waals surface area contributed by atoms with E-state index in [1.165, 1.54) is 31.9 Å². The van der Waals surface area contributed by atoms with Crippen LogP contribution in [0.4, 0.5) is 13.2 Å². The van der Waals surface area contributed by atoms with Gasteiger partial charge >= 0.3 is 6.18 Å². The fourth-order valence-corrected chi connectivity index (χ4v) is 7.26. The molecule has 3 fully saturated rings. The topological polar surface area (TPSA) is 78.7 Å². The first kappa shape index (κ1) is 29.2. The van der Waals surface area contributed by atoms with Crippen LogP contribution in [-0.4, -0.2) is 68.1 Å². The molecule has 6 rings (SSSR count). The summed E-state index contributed by atoms with van der Waals surface area (Å²) < 4.78 is 42.8. The van der Waals surface area contributed by atoms with E-state index in [2.05, 4.69) is 4.98 Å². The highest BCUT2D eigenvalue weighted by molar-refractivity contribution is 5.94. The zero-order chi connectivity index (χ0) is 29.5. The normalized spacial score (nSPS) is 25.2. The Hall–Kier alpha value is -2.88. The van der Waals surface area contributed by atoms with Crippen LogP contribution in [0.2, 0.25) is 0 Å². The Bertz CT molecular complexity index is 1270. The number of rotatable bonds is 4. The Balaban J connectivity index is 1.16. The molecular formula is C32H41F3N4O3. The summed E-state index contributed by atoms with van der Waals surface area (Å²) in [7, 11) is 0. The lowest BCUT2D eigenvalue weighted by Gasteiger charge is -2.36. The number of hydrogen-bond acceptors (Lipinski definition) is 4. The number of hydrogen-bond donors (Lipinski definition) is 1. The largest absolute Gasteiger partial charge is 0.434 e. The molecule has 1 N–H and O–H groups in total. The van der Waals surface area contributed by atoms with Crippen LogP contribution in [0.3, 0.4) is 0 Å². The summed E-state index contributed by atoms with van der Waals surface area (Å²) in [5.41, 5.74) is -0.410. The van der Waals surface area contributed by atoms with Gasteiger partial charge in [-0.15, -0.1) is 0 Å². The smallest absolute Gasteiger partial charge is 0.380 e. The number of aliphatic hydroxyl groups is 1. The number of carbonyl (C=O) groups is 2. The number of amides is 2. The molecule has 42 heavy (non-hydrogen) atoms. The molecule has 2 atom stereocenters. The molecule has 3 heterocycles. The van der Waals surface area contributed by atoms with Gasteiger partial charge in [-0.3, -0.25) is 9.59 Å². The molecule has 228 valence electrons. The lowest BCUT2D eigenvalue weighted by atomic mass is 9.75. The molecule has 0 spiro atoms. The monoisotopic (exact) mass is 586 g/mol. The van der Waals surface area contributed by atoms with Crippen molar-refractivity contribution in [2.75, 3.05) is 26.2 Å². The van der Waals surface area contributed by atoms with Crippen molar-refractivity contribution in [1.29, 1.82) is 0 Å². The number of aromatic nitrogens is 2. The SMILES string of the molecule is O=C(c1ccc(C2CC(C3CCCCCCCC3)c3nc(C(F)(F)F)cn3C2)cc1)N1CCN(C(=O)C2(O)CC2)CC1. The number of halogens is 3. The molecule has 2 unspecified atom stereocenters. The molecule has 0 bridgehead atoms. The number of nitrogens with zero attached hydrogens (tertiary/aromatic N) is 4. The van der Waals surface area contributed by atoms with E-state index >= 15 is 0 Å². The predicted molar refractivity (Wildman–Crippen MR) is 151 cm³/mol. The maximum Gasteiger partial charge on any atom is 0.434 e. The van der Waals surface area contributed by atoms with Crippen molar-refractivity contribution in [2.45, 2.75) is 101 Å². The van der Waals surface area contributed by atoms with Gasteiger partial charge < -0.3 is 19.5 Å². The van der Waals surface area contributed by atoms with Crippen molar-refractivity contribution in [2.24, 2.45) is 5.92 Å². The van der Waals surface area contributed by atoms with Gasteiger partial charge in [-0.1, -0.05) is 50.7 Å². The third kappa shape index (κ3) is 6.10. The van der Waals surface area contributed by atoms with Crippen LogP contribution in [0.1, 0.15) is 110 Å². The van der Waals surface area contributed by atoms with Crippen LogP contribution in [0.15, 0.2) is 30.5 Å². The number of imidazole rings is 1. The van der Waals surface area contributed by atoms with E-state index in [0.29, 0.717) is 62.9 Å². The Morgan fingerprint density at radius 3 is 2.07 bits per heavy atom. The summed E-state index contributed by atoms with van der Waals surface area (Å²) in [5.74, 6) is 0.589. The molecule has 1 aromatic carbocycles. The molecule has 2 amide bonds. The highest BCUT2D eigenvalue weighted by Crippen LogP contribution is 2.45. The van der Waals surface area contributed by atoms with E-state index in [-0.39, 0.29) is 23.7 Å². The van der Waals surface area contributed by atoms with Gasteiger partial charge in [0.2, 0.25) is 0 Å². The fraction of sp³-hybridized carbons (Fsp3) is 0.656. The quantitative estimate of drug-likeness (QED) is 0.496. The van der Waals surface area contributed by atoms with Crippen LogP contribution in [0, 0.1) is 5.92 Å². The number of alkyl halides is 3. The first-order valence-corrected chi connectivity index (χ1v) is 15.7. The summed E-state index contributed by atoms with van der Waals surface area (Å²) in [6, 6.07) is 7.55. The summed E-state index contributed by atoms with van der Waals surface area (Å²) in [4.78, 5) is 33.2. The molecule has 2 aliphatic heterocycles. The lowest BCUT2D eigenvalue weighted by molar-refractivity contribution is -0.144. The second-order valence-corrected chi connectivity index (χ2v) is 12.9. The van der Waals surface area contributed by atoms with Gasteiger partial charge in [-0.25, -0.2) is 4.98 Å². The number of piperazine rings is 1. The van der Waals surface area contributed by atoms with Crippen LogP contribution in [0.5, 0.6) is 0 Å². The Morgan fingerprint density at radius 2 is 1.48 bits per heavy atom. The zero-order valence-electron chi connectivity index (χ0n) is 24.1.